The summed E-state index contributed by atoms with van der Waals surface area (Å²) in [6.07, 6.45) is -1.75. The van der Waals surface area contributed by atoms with Crippen LogP contribution in [-0.4, -0.2) is 46.5 Å². The number of aliphatic hydroxyl groups excluding tert-OH is 1. The summed E-state index contributed by atoms with van der Waals surface area (Å²) < 4.78 is 65.6. The lowest BCUT2D eigenvalue weighted by Gasteiger charge is -2.09. The van der Waals surface area contributed by atoms with E-state index in [9.17, 15) is 21.6 Å². The molecule has 2 heterocycles. The molecule has 0 atom stereocenters. The maximum atomic E-state index is 12.6. The summed E-state index contributed by atoms with van der Waals surface area (Å²) in [6, 6.07) is 14.5. The van der Waals surface area contributed by atoms with Crippen LogP contribution < -0.4 is 11.1 Å². The summed E-state index contributed by atoms with van der Waals surface area (Å²) in [5, 5.41) is 14.2. The zero-order valence-electron chi connectivity index (χ0n) is 19.7. The SMILES string of the molecule is Cc1cc(Nc2ncc(-c3nc(C(F)(F)F)no3)c(N)n2)ccc1S(C)(=O)=O.OCCc1ccccc1. The van der Waals surface area contributed by atoms with Crippen LogP contribution in [0.25, 0.3) is 11.5 Å². The molecule has 0 saturated carbocycles. The fraction of sp³-hybridized carbons (Fsp3) is 0.217. The maximum absolute atomic E-state index is 12.6. The first-order chi connectivity index (χ1) is 17.4. The molecule has 0 aliphatic rings. The molecule has 2 aromatic heterocycles. The topological polar surface area (TPSA) is 157 Å². The van der Waals surface area contributed by atoms with Crippen molar-refractivity contribution < 1.29 is 31.2 Å². The number of aromatic nitrogens is 4. The molecule has 0 aliphatic carbocycles. The molecule has 4 N–H and O–H groups in total. The first-order valence-corrected chi connectivity index (χ1v) is 12.5. The third kappa shape index (κ3) is 7.47. The van der Waals surface area contributed by atoms with Crippen molar-refractivity contribution >= 4 is 27.3 Å². The Bertz CT molecular complexity index is 1460. The van der Waals surface area contributed by atoms with E-state index in [1.165, 1.54) is 17.7 Å². The molecule has 0 aliphatic heterocycles. The number of nitrogens with one attached hydrogen (secondary N) is 1. The van der Waals surface area contributed by atoms with E-state index in [4.69, 9.17) is 10.8 Å². The summed E-state index contributed by atoms with van der Waals surface area (Å²) in [7, 11) is -3.36. The lowest BCUT2D eigenvalue weighted by Crippen LogP contribution is -2.07. The van der Waals surface area contributed by atoms with Crippen LogP contribution in [0.2, 0.25) is 0 Å². The van der Waals surface area contributed by atoms with Crippen molar-refractivity contribution in [3.05, 3.63) is 71.7 Å². The molecule has 0 saturated heterocycles. The highest BCUT2D eigenvalue weighted by Crippen LogP contribution is 2.30. The van der Waals surface area contributed by atoms with Gasteiger partial charge in [-0.15, -0.1) is 0 Å². The lowest BCUT2D eigenvalue weighted by molar-refractivity contribution is -0.146. The first-order valence-electron chi connectivity index (χ1n) is 10.6. The quantitative estimate of drug-likeness (QED) is 0.331. The maximum Gasteiger partial charge on any atom is 0.455 e. The minimum atomic E-state index is -4.76. The van der Waals surface area contributed by atoms with Crippen molar-refractivity contribution in [2.75, 3.05) is 23.9 Å². The number of nitrogens with zero attached hydrogens (tertiary/aromatic N) is 4. The van der Waals surface area contributed by atoms with Crippen molar-refractivity contribution in [1.82, 2.24) is 20.1 Å². The number of alkyl halides is 3. The highest BCUT2D eigenvalue weighted by atomic mass is 32.2. The summed E-state index contributed by atoms with van der Waals surface area (Å²) in [5.41, 5.74) is 7.90. The molecule has 0 unspecified atom stereocenters. The van der Waals surface area contributed by atoms with Crippen LogP contribution in [0.1, 0.15) is 17.0 Å². The van der Waals surface area contributed by atoms with Crippen LogP contribution >= 0.6 is 0 Å². The fourth-order valence-electron chi connectivity index (χ4n) is 3.11. The van der Waals surface area contributed by atoms with Gasteiger partial charge in [0.2, 0.25) is 5.95 Å². The lowest BCUT2D eigenvalue weighted by atomic mass is 10.2. The van der Waals surface area contributed by atoms with Crippen LogP contribution in [0.15, 0.2) is 64.1 Å². The summed E-state index contributed by atoms with van der Waals surface area (Å²) in [5.74, 6) is -2.04. The van der Waals surface area contributed by atoms with Crippen molar-refractivity contribution in [3.8, 4) is 11.5 Å². The van der Waals surface area contributed by atoms with Crippen LogP contribution in [0.3, 0.4) is 0 Å². The standard InChI is InChI=1S/C15H13F3N6O3S.C8H10O/c1-7-5-8(3-4-10(7)28(2,25)26)21-14-20-6-9(11(19)22-14)12-23-13(24-27-12)15(16,17)18;9-7-6-8-4-2-1-3-5-8/h3-6H,1-2H3,(H3,19,20,21,22);1-5,9H,6-7H2. The molecule has 4 aromatic rings. The number of halogens is 3. The van der Waals surface area contributed by atoms with Crippen LogP contribution in [0, 0.1) is 6.92 Å². The molecular formula is C23H23F3N6O4S. The largest absolute Gasteiger partial charge is 0.455 e. The van der Waals surface area contributed by atoms with E-state index in [0.717, 1.165) is 18.9 Å². The predicted octanol–water partition coefficient (Wildman–Crippen LogP) is 3.80. The average Bonchev–Trinajstić information content (AvgIpc) is 3.30. The molecule has 37 heavy (non-hydrogen) atoms. The van der Waals surface area contributed by atoms with Gasteiger partial charge in [0.1, 0.15) is 11.4 Å². The smallest absolute Gasteiger partial charge is 0.396 e. The minimum absolute atomic E-state index is 0.0447. The van der Waals surface area contributed by atoms with Gasteiger partial charge in [0, 0.05) is 24.7 Å². The normalized spacial score (nSPS) is 11.5. The number of anilines is 3. The van der Waals surface area contributed by atoms with Gasteiger partial charge < -0.3 is 20.7 Å². The van der Waals surface area contributed by atoms with E-state index in [1.54, 1.807) is 13.0 Å². The van der Waals surface area contributed by atoms with Crippen molar-refractivity contribution in [2.24, 2.45) is 0 Å². The highest BCUT2D eigenvalue weighted by molar-refractivity contribution is 7.90. The molecule has 0 fully saturated rings. The Morgan fingerprint density at radius 2 is 1.81 bits per heavy atom. The van der Waals surface area contributed by atoms with Gasteiger partial charge in [-0.3, -0.25) is 0 Å². The minimum Gasteiger partial charge on any atom is -0.396 e. The number of nitrogens with two attached hydrogens (primary N) is 1. The Balaban J connectivity index is 0.000000356. The van der Waals surface area contributed by atoms with Gasteiger partial charge >= 0.3 is 6.18 Å². The van der Waals surface area contributed by atoms with Crippen LogP contribution in [-0.2, 0) is 22.4 Å². The van der Waals surface area contributed by atoms with E-state index < -0.39 is 27.7 Å². The number of hydrogen-bond donors (Lipinski definition) is 3. The molecule has 0 bridgehead atoms. The predicted molar refractivity (Wildman–Crippen MR) is 130 cm³/mol. The number of rotatable bonds is 6. The van der Waals surface area contributed by atoms with Gasteiger partial charge in [0.15, 0.2) is 9.84 Å². The Morgan fingerprint density at radius 3 is 2.35 bits per heavy atom. The molecule has 0 radical (unpaired) electrons. The third-order valence-electron chi connectivity index (χ3n) is 4.80. The average molecular weight is 537 g/mol. The molecule has 14 heteroatoms. The van der Waals surface area contributed by atoms with E-state index >= 15 is 0 Å². The van der Waals surface area contributed by atoms with Gasteiger partial charge in [-0.25, -0.2) is 13.4 Å². The van der Waals surface area contributed by atoms with Crippen molar-refractivity contribution in [3.63, 3.8) is 0 Å². The Labute approximate surface area is 210 Å². The van der Waals surface area contributed by atoms with E-state index in [2.05, 4.69) is 29.9 Å². The van der Waals surface area contributed by atoms with Crippen molar-refractivity contribution in [1.29, 1.82) is 0 Å². The van der Waals surface area contributed by atoms with E-state index in [0.29, 0.717) is 11.3 Å². The molecule has 196 valence electrons. The second-order valence-electron chi connectivity index (χ2n) is 7.75. The van der Waals surface area contributed by atoms with Gasteiger partial charge in [-0.1, -0.05) is 35.5 Å². The first kappa shape index (κ1) is 27.5. The van der Waals surface area contributed by atoms with Crippen molar-refractivity contribution in [2.45, 2.75) is 24.4 Å². The van der Waals surface area contributed by atoms with Gasteiger partial charge in [0.05, 0.1) is 4.90 Å². The van der Waals surface area contributed by atoms with Gasteiger partial charge in [-0.2, -0.15) is 23.1 Å². The molecule has 10 nitrogen and oxygen atoms in total. The molecule has 4 rings (SSSR count). The van der Waals surface area contributed by atoms with E-state index in [-0.39, 0.29) is 28.8 Å². The summed E-state index contributed by atoms with van der Waals surface area (Å²) in [6.45, 7) is 1.87. The third-order valence-corrected chi connectivity index (χ3v) is 6.06. The Kier molecular flexibility index (Phi) is 8.45. The molecule has 2 aromatic carbocycles. The second-order valence-corrected chi connectivity index (χ2v) is 9.73. The molecule has 0 spiro atoms. The zero-order valence-corrected chi connectivity index (χ0v) is 20.5. The Morgan fingerprint density at radius 1 is 1.11 bits per heavy atom. The number of hydrogen-bond acceptors (Lipinski definition) is 10. The van der Waals surface area contributed by atoms with Crippen LogP contribution in [0.4, 0.5) is 30.6 Å². The zero-order chi connectivity index (χ0) is 27.2. The highest BCUT2D eigenvalue weighted by Gasteiger charge is 2.37. The number of sulfone groups is 1. The van der Waals surface area contributed by atoms with Crippen LogP contribution in [0.5, 0.6) is 0 Å². The number of aliphatic hydroxyl groups is 1. The summed E-state index contributed by atoms with van der Waals surface area (Å²) >= 11 is 0. The number of benzene rings is 2. The number of aryl methyl sites for hydroxylation is 1. The summed E-state index contributed by atoms with van der Waals surface area (Å²) in [4.78, 5) is 11.3. The Hall–Kier alpha value is -4.04. The van der Waals surface area contributed by atoms with Gasteiger partial charge in [0.25, 0.3) is 11.7 Å². The fourth-order valence-corrected chi connectivity index (χ4v) is 4.07. The molecular weight excluding hydrogens is 513 g/mol. The second kappa shape index (κ2) is 11.3. The molecule has 0 amide bonds. The monoisotopic (exact) mass is 536 g/mol. The van der Waals surface area contributed by atoms with E-state index in [1.807, 2.05) is 30.3 Å². The number of nitrogen functional groups attached to an aromatic ring is 1. The van der Waals surface area contributed by atoms with Gasteiger partial charge in [-0.05, 0) is 42.7 Å².